The summed E-state index contributed by atoms with van der Waals surface area (Å²) in [6.07, 6.45) is 1.53. The molecule has 0 aromatic carbocycles. The Morgan fingerprint density at radius 2 is 2.50 bits per heavy atom. The SMILES string of the molecule is CC#CCOc1ncccc1C(=O)Cl. The Hall–Kier alpha value is -1.53. The van der Waals surface area contributed by atoms with E-state index >= 15 is 0 Å². The van der Waals surface area contributed by atoms with Gasteiger partial charge < -0.3 is 4.74 Å². The van der Waals surface area contributed by atoms with Gasteiger partial charge in [-0.3, -0.25) is 4.79 Å². The molecule has 1 aromatic rings. The number of nitrogens with zero attached hydrogens (tertiary/aromatic N) is 1. The zero-order valence-electron chi connectivity index (χ0n) is 7.58. The number of ether oxygens (including phenoxy) is 1. The third-order valence-corrected chi connectivity index (χ3v) is 1.64. The van der Waals surface area contributed by atoms with E-state index in [-0.39, 0.29) is 18.1 Å². The molecule has 1 heterocycles. The fraction of sp³-hybridized carbons (Fsp3) is 0.200. The van der Waals surface area contributed by atoms with E-state index < -0.39 is 5.24 Å². The zero-order chi connectivity index (χ0) is 10.4. The summed E-state index contributed by atoms with van der Waals surface area (Å²) in [4.78, 5) is 14.8. The fourth-order valence-electron chi connectivity index (χ4n) is 0.832. The minimum atomic E-state index is -0.586. The molecule has 0 unspecified atom stereocenters. The van der Waals surface area contributed by atoms with Crippen LogP contribution in [0, 0.1) is 11.8 Å². The molecule has 0 N–H and O–H groups in total. The fourth-order valence-corrected chi connectivity index (χ4v) is 0.976. The summed E-state index contributed by atoms with van der Waals surface area (Å²) in [6.45, 7) is 1.90. The topological polar surface area (TPSA) is 39.2 Å². The van der Waals surface area contributed by atoms with Gasteiger partial charge in [0.2, 0.25) is 5.88 Å². The van der Waals surface area contributed by atoms with Gasteiger partial charge in [0.1, 0.15) is 0 Å². The van der Waals surface area contributed by atoms with Crippen molar-refractivity contribution in [2.45, 2.75) is 6.92 Å². The van der Waals surface area contributed by atoms with Gasteiger partial charge in [-0.05, 0) is 30.7 Å². The minimum Gasteiger partial charge on any atom is -0.464 e. The van der Waals surface area contributed by atoms with Crippen molar-refractivity contribution >= 4 is 16.8 Å². The van der Waals surface area contributed by atoms with Gasteiger partial charge in [-0.25, -0.2) is 4.98 Å². The van der Waals surface area contributed by atoms with Crippen LogP contribution in [0.4, 0.5) is 0 Å². The maximum atomic E-state index is 10.9. The second-order valence-electron chi connectivity index (χ2n) is 2.35. The molecule has 0 aliphatic carbocycles. The lowest BCUT2D eigenvalue weighted by molar-refractivity contribution is 0.107. The standard InChI is InChI=1S/C10H8ClNO2/c1-2-3-7-14-10-8(9(11)13)5-4-6-12-10/h4-6H,7H2,1H3. The second kappa shape index (κ2) is 5.25. The van der Waals surface area contributed by atoms with E-state index in [2.05, 4.69) is 16.8 Å². The monoisotopic (exact) mass is 209 g/mol. The molecule has 14 heavy (non-hydrogen) atoms. The molecule has 1 rings (SSSR count). The van der Waals surface area contributed by atoms with Crippen molar-refractivity contribution in [3.05, 3.63) is 23.9 Å². The number of pyridine rings is 1. The molecule has 0 bridgehead atoms. The van der Waals surface area contributed by atoms with Gasteiger partial charge in [-0.2, -0.15) is 0 Å². The first-order valence-electron chi connectivity index (χ1n) is 3.93. The molecule has 0 saturated heterocycles. The maximum absolute atomic E-state index is 10.9. The summed E-state index contributed by atoms with van der Waals surface area (Å²) in [5.41, 5.74) is 0.257. The van der Waals surface area contributed by atoms with E-state index in [1.807, 2.05) is 0 Å². The number of halogens is 1. The lowest BCUT2D eigenvalue weighted by Gasteiger charge is -2.03. The van der Waals surface area contributed by atoms with Crippen LogP contribution >= 0.6 is 11.6 Å². The third kappa shape index (κ3) is 2.75. The highest BCUT2D eigenvalue weighted by Crippen LogP contribution is 2.15. The van der Waals surface area contributed by atoms with Gasteiger partial charge in [0, 0.05) is 6.20 Å². The summed E-state index contributed by atoms with van der Waals surface area (Å²) in [7, 11) is 0. The van der Waals surface area contributed by atoms with Crippen LogP contribution in [0.1, 0.15) is 17.3 Å². The van der Waals surface area contributed by atoms with E-state index in [4.69, 9.17) is 16.3 Å². The van der Waals surface area contributed by atoms with E-state index in [1.54, 1.807) is 19.1 Å². The quantitative estimate of drug-likeness (QED) is 0.564. The van der Waals surface area contributed by atoms with Gasteiger partial charge in [-0.1, -0.05) is 5.92 Å². The van der Waals surface area contributed by atoms with Crippen LogP contribution in [0.3, 0.4) is 0 Å². The molecule has 0 fully saturated rings. The number of rotatable bonds is 3. The van der Waals surface area contributed by atoms with Gasteiger partial charge in [0.15, 0.2) is 6.61 Å². The van der Waals surface area contributed by atoms with E-state index in [0.29, 0.717) is 0 Å². The van der Waals surface area contributed by atoms with Crippen molar-refractivity contribution in [1.29, 1.82) is 0 Å². The molecular weight excluding hydrogens is 202 g/mol. The first kappa shape index (κ1) is 10.6. The van der Waals surface area contributed by atoms with Crippen molar-refractivity contribution in [3.8, 4) is 17.7 Å². The Labute approximate surface area is 87.1 Å². The second-order valence-corrected chi connectivity index (χ2v) is 2.69. The van der Waals surface area contributed by atoms with Gasteiger partial charge in [0.25, 0.3) is 5.24 Å². The van der Waals surface area contributed by atoms with Crippen LogP contribution in [-0.4, -0.2) is 16.8 Å². The molecule has 0 aliphatic rings. The van der Waals surface area contributed by atoms with E-state index in [0.717, 1.165) is 0 Å². The number of carbonyl (C=O) groups excluding carboxylic acids is 1. The molecule has 0 radical (unpaired) electrons. The summed E-state index contributed by atoms with van der Waals surface area (Å²) >= 11 is 5.33. The maximum Gasteiger partial charge on any atom is 0.257 e. The Bertz CT molecular complexity index is 393. The third-order valence-electron chi connectivity index (χ3n) is 1.44. The van der Waals surface area contributed by atoms with Crippen molar-refractivity contribution in [1.82, 2.24) is 4.98 Å². The Kier molecular flexibility index (Phi) is 3.96. The molecule has 0 atom stereocenters. The molecular formula is C10H8ClNO2. The van der Waals surface area contributed by atoms with E-state index in [1.165, 1.54) is 6.20 Å². The average molecular weight is 210 g/mol. The zero-order valence-corrected chi connectivity index (χ0v) is 8.34. The smallest absolute Gasteiger partial charge is 0.257 e. The summed E-state index contributed by atoms with van der Waals surface area (Å²) in [5, 5.41) is -0.586. The van der Waals surface area contributed by atoms with Gasteiger partial charge >= 0.3 is 0 Å². The van der Waals surface area contributed by atoms with Crippen molar-refractivity contribution < 1.29 is 9.53 Å². The molecule has 0 aliphatic heterocycles. The van der Waals surface area contributed by atoms with Gasteiger partial charge in [0.05, 0.1) is 5.56 Å². The summed E-state index contributed by atoms with van der Waals surface area (Å²) in [6, 6.07) is 3.17. The largest absolute Gasteiger partial charge is 0.464 e. The summed E-state index contributed by atoms with van der Waals surface area (Å²) in [5.74, 6) is 5.58. The number of hydrogen-bond acceptors (Lipinski definition) is 3. The van der Waals surface area contributed by atoms with Crippen LogP contribution in [0.15, 0.2) is 18.3 Å². The van der Waals surface area contributed by atoms with Crippen molar-refractivity contribution in [2.24, 2.45) is 0 Å². The van der Waals surface area contributed by atoms with Crippen LogP contribution in [0.25, 0.3) is 0 Å². The number of hydrogen-bond donors (Lipinski definition) is 0. The highest BCUT2D eigenvalue weighted by molar-refractivity contribution is 6.68. The molecule has 0 amide bonds. The lowest BCUT2D eigenvalue weighted by Crippen LogP contribution is -2.01. The molecule has 0 saturated carbocycles. The Morgan fingerprint density at radius 3 is 3.14 bits per heavy atom. The lowest BCUT2D eigenvalue weighted by atomic mass is 10.3. The summed E-state index contributed by atoms with van der Waals surface area (Å²) < 4.78 is 5.15. The van der Waals surface area contributed by atoms with E-state index in [9.17, 15) is 4.79 Å². The Balaban J connectivity index is 2.83. The molecule has 1 aromatic heterocycles. The van der Waals surface area contributed by atoms with Crippen LogP contribution in [-0.2, 0) is 0 Å². The van der Waals surface area contributed by atoms with Gasteiger partial charge in [-0.15, -0.1) is 5.92 Å². The average Bonchev–Trinajstić information content (AvgIpc) is 2.19. The number of aromatic nitrogens is 1. The molecule has 4 heteroatoms. The van der Waals surface area contributed by atoms with Crippen molar-refractivity contribution in [3.63, 3.8) is 0 Å². The Morgan fingerprint density at radius 1 is 1.71 bits per heavy atom. The normalized spacial score (nSPS) is 8.71. The predicted molar refractivity (Wildman–Crippen MR) is 53.4 cm³/mol. The molecule has 0 spiro atoms. The molecule has 3 nitrogen and oxygen atoms in total. The molecule has 72 valence electrons. The van der Waals surface area contributed by atoms with Crippen LogP contribution in [0.2, 0.25) is 0 Å². The van der Waals surface area contributed by atoms with Crippen LogP contribution in [0.5, 0.6) is 5.88 Å². The van der Waals surface area contributed by atoms with Crippen molar-refractivity contribution in [2.75, 3.05) is 6.61 Å². The first-order valence-corrected chi connectivity index (χ1v) is 4.30. The minimum absolute atomic E-state index is 0.199. The predicted octanol–water partition coefficient (Wildman–Crippen LogP) is 1.86. The number of carbonyl (C=O) groups is 1. The van der Waals surface area contributed by atoms with Crippen LogP contribution < -0.4 is 4.74 Å². The highest BCUT2D eigenvalue weighted by Gasteiger charge is 2.09. The first-order chi connectivity index (χ1) is 6.75. The highest BCUT2D eigenvalue weighted by atomic mass is 35.5.